The van der Waals surface area contributed by atoms with Gasteiger partial charge in [-0.1, -0.05) is 48.5 Å². The maximum atomic E-state index is 13.7. The normalized spacial score (nSPS) is 15.3. The van der Waals surface area contributed by atoms with Gasteiger partial charge in [0.1, 0.15) is 5.82 Å². The van der Waals surface area contributed by atoms with Gasteiger partial charge in [0.2, 0.25) is 0 Å². The summed E-state index contributed by atoms with van der Waals surface area (Å²) < 4.78 is 82.5. The first-order chi connectivity index (χ1) is 20.3. The van der Waals surface area contributed by atoms with Crippen molar-refractivity contribution in [2.24, 2.45) is 0 Å². The number of hydrogen-bond donors (Lipinski definition) is 3. The molecule has 4 aromatic rings. The van der Waals surface area contributed by atoms with E-state index in [1.807, 2.05) is 35.2 Å². The number of nitrogens with one attached hydrogen (secondary N) is 1. The molecular formula is C30H28F6N4O3. The van der Waals surface area contributed by atoms with E-state index in [9.17, 15) is 41.4 Å². The van der Waals surface area contributed by atoms with E-state index >= 15 is 0 Å². The lowest BCUT2D eigenvalue weighted by molar-refractivity contribution is -0.376. The molecule has 0 radical (unpaired) electrons. The number of alkyl halides is 6. The van der Waals surface area contributed by atoms with Crippen LogP contribution in [0.2, 0.25) is 0 Å². The van der Waals surface area contributed by atoms with Crippen molar-refractivity contribution in [1.29, 1.82) is 0 Å². The summed E-state index contributed by atoms with van der Waals surface area (Å²) in [5.74, 6) is 0.431. The van der Waals surface area contributed by atoms with Crippen LogP contribution in [0.3, 0.4) is 0 Å². The van der Waals surface area contributed by atoms with E-state index in [0.717, 1.165) is 11.6 Å². The van der Waals surface area contributed by atoms with Crippen molar-refractivity contribution in [3.63, 3.8) is 0 Å². The molecular weight excluding hydrogens is 578 g/mol. The van der Waals surface area contributed by atoms with Crippen LogP contribution < -0.4 is 10.5 Å². The van der Waals surface area contributed by atoms with Gasteiger partial charge in [-0.3, -0.25) is 9.69 Å². The fourth-order valence-corrected chi connectivity index (χ4v) is 5.33. The molecule has 13 heteroatoms. The highest BCUT2D eigenvalue weighted by Crippen LogP contribution is 2.51. The second-order valence-corrected chi connectivity index (χ2v) is 10.4. The van der Waals surface area contributed by atoms with Crippen molar-refractivity contribution < 1.29 is 36.6 Å². The fourth-order valence-electron chi connectivity index (χ4n) is 5.33. The first-order valence-corrected chi connectivity index (χ1v) is 13.5. The third-order valence-corrected chi connectivity index (χ3v) is 7.65. The molecule has 0 saturated carbocycles. The van der Waals surface area contributed by atoms with Gasteiger partial charge in [-0.25, -0.2) is 4.98 Å². The predicted octanol–water partition coefficient (Wildman–Crippen LogP) is 4.61. The van der Waals surface area contributed by atoms with Crippen molar-refractivity contribution in [3.8, 4) is 11.1 Å². The maximum absolute atomic E-state index is 13.7. The molecule has 5 rings (SSSR count). The highest BCUT2D eigenvalue weighted by Gasteiger charge is 2.71. The molecule has 43 heavy (non-hydrogen) atoms. The Labute approximate surface area is 242 Å². The zero-order chi connectivity index (χ0) is 31.0. The van der Waals surface area contributed by atoms with Crippen LogP contribution in [0.25, 0.3) is 22.0 Å². The summed E-state index contributed by atoms with van der Waals surface area (Å²) in [6.07, 6.45) is -11.7. The average molecular weight is 607 g/mol. The number of piperazine rings is 1. The number of benzene rings is 3. The number of rotatable bonds is 7. The Morgan fingerprint density at radius 3 is 2.16 bits per heavy atom. The summed E-state index contributed by atoms with van der Waals surface area (Å²) in [4.78, 5) is 23.9. The van der Waals surface area contributed by atoms with Crippen molar-refractivity contribution in [2.75, 3.05) is 44.2 Å². The highest BCUT2D eigenvalue weighted by atomic mass is 19.4. The molecule has 1 fully saturated rings. The number of aliphatic hydroxyl groups excluding tert-OH is 1. The summed E-state index contributed by atoms with van der Waals surface area (Å²) in [7, 11) is 0. The molecule has 0 atom stereocenters. The van der Waals surface area contributed by atoms with E-state index in [0.29, 0.717) is 55.1 Å². The molecule has 228 valence electrons. The van der Waals surface area contributed by atoms with Gasteiger partial charge in [-0.15, -0.1) is 0 Å². The van der Waals surface area contributed by atoms with Gasteiger partial charge in [-0.05, 0) is 29.3 Å². The monoisotopic (exact) mass is 606 g/mol. The van der Waals surface area contributed by atoms with E-state index in [1.165, 1.54) is 6.07 Å². The number of fused-ring (bicyclic) bond motifs is 1. The number of aliphatic hydroxyl groups is 2. The second kappa shape index (κ2) is 11.6. The smallest absolute Gasteiger partial charge is 0.395 e. The largest absolute Gasteiger partial charge is 0.430 e. The molecule has 7 nitrogen and oxygen atoms in total. The standard InChI is InChI=1S/C30H28F6N4O3/c31-29(32,33)28(43,30(34,35)36)21-7-8-22(25(18-21)40-12-10-39(11-13-40)14-15-41)20-6-9-24-23(17-20)27(42)38-26(37-24)16-19-4-2-1-3-5-19/h1-9,17-18,41,43H,10-16H2,(H,37,38,42). The summed E-state index contributed by atoms with van der Waals surface area (Å²) >= 11 is 0. The van der Waals surface area contributed by atoms with Crippen molar-refractivity contribution in [1.82, 2.24) is 14.9 Å². The number of nitrogens with zero attached hydrogens (tertiary/aromatic N) is 3. The maximum Gasteiger partial charge on any atom is 0.430 e. The number of H-pyrrole nitrogens is 1. The van der Waals surface area contributed by atoms with Crippen LogP contribution in [0.15, 0.2) is 71.5 Å². The van der Waals surface area contributed by atoms with E-state index in [1.54, 1.807) is 17.0 Å². The molecule has 1 aliphatic rings. The number of β-amino-alcohol motifs (C(OH)–C–C–N with tert-alkyl or cyclic N) is 1. The Bertz CT molecular complexity index is 1630. The Morgan fingerprint density at radius 2 is 1.53 bits per heavy atom. The third-order valence-electron chi connectivity index (χ3n) is 7.65. The SMILES string of the molecule is O=c1[nH]c(Cc2ccccc2)nc2ccc(-c3ccc(C(O)(C(F)(F)F)C(F)(F)F)cc3N3CCN(CCO)CC3)cc12. The molecule has 1 aliphatic heterocycles. The van der Waals surface area contributed by atoms with Crippen LogP contribution in [0, 0.1) is 0 Å². The predicted molar refractivity (Wildman–Crippen MR) is 149 cm³/mol. The highest BCUT2D eigenvalue weighted by molar-refractivity contribution is 5.88. The Balaban J connectivity index is 1.59. The summed E-state index contributed by atoms with van der Waals surface area (Å²) in [5.41, 5.74) is -4.91. The summed E-state index contributed by atoms with van der Waals surface area (Å²) in [6, 6.07) is 16.5. The van der Waals surface area contributed by atoms with Gasteiger partial charge in [0.25, 0.3) is 11.2 Å². The van der Waals surface area contributed by atoms with E-state index in [-0.39, 0.29) is 36.3 Å². The lowest BCUT2D eigenvalue weighted by atomic mass is 9.89. The molecule has 1 aromatic heterocycles. The minimum atomic E-state index is -6.04. The fraction of sp³-hybridized carbons (Fsp3) is 0.333. The van der Waals surface area contributed by atoms with Gasteiger partial charge in [0.15, 0.2) is 0 Å². The van der Waals surface area contributed by atoms with Gasteiger partial charge >= 0.3 is 12.4 Å². The third kappa shape index (κ3) is 5.97. The molecule has 3 N–H and O–H groups in total. The quantitative estimate of drug-likeness (QED) is 0.267. The van der Waals surface area contributed by atoms with Crippen LogP contribution in [0.4, 0.5) is 32.0 Å². The Kier molecular flexibility index (Phi) is 8.25. The molecule has 2 heterocycles. The van der Waals surface area contributed by atoms with Crippen LogP contribution in [0.1, 0.15) is 17.0 Å². The average Bonchev–Trinajstić information content (AvgIpc) is 2.96. The Hall–Kier alpha value is -3.94. The van der Waals surface area contributed by atoms with Crippen LogP contribution in [0.5, 0.6) is 0 Å². The van der Waals surface area contributed by atoms with Gasteiger partial charge in [0.05, 0.1) is 17.5 Å². The van der Waals surface area contributed by atoms with Crippen molar-refractivity contribution in [3.05, 3.63) is 94.0 Å². The summed E-state index contributed by atoms with van der Waals surface area (Å²) in [6.45, 7) is 1.56. The van der Waals surface area contributed by atoms with E-state index in [2.05, 4.69) is 9.97 Å². The van der Waals surface area contributed by atoms with Crippen LogP contribution >= 0.6 is 0 Å². The summed E-state index contributed by atoms with van der Waals surface area (Å²) in [5, 5.41) is 19.5. The molecule has 0 aliphatic carbocycles. The van der Waals surface area contributed by atoms with Gasteiger partial charge in [-0.2, -0.15) is 26.3 Å². The number of halogens is 6. The molecule has 0 spiro atoms. The number of aromatic amines is 1. The van der Waals surface area contributed by atoms with Gasteiger partial charge in [0, 0.05) is 56.0 Å². The van der Waals surface area contributed by atoms with Crippen molar-refractivity contribution >= 4 is 16.6 Å². The lowest BCUT2D eigenvalue weighted by Gasteiger charge is -2.38. The van der Waals surface area contributed by atoms with E-state index < -0.39 is 29.1 Å². The first-order valence-electron chi connectivity index (χ1n) is 13.5. The minimum Gasteiger partial charge on any atom is -0.395 e. The number of hydrogen-bond acceptors (Lipinski definition) is 6. The van der Waals surface area contributed by atoms with Crippen LogP contribution in [-0.4, -0.2) is 76.8 Å². The zero-order valence-electron chi connectivity index (χ0n) is 22.7. The minimum absolute atomic E-state index is 0.0394. The molecule has 3 aromatic carbocycles. The zero-order valence-corrected chi connectivity index (χ0v) is 22.7. The van der Waals surface area contributed by atoms with Crippen molar-refractivity contribution in [2.45, 2.75) is 24.4 Å². The first kappa shape index (κ1) is 30.5. The molecule has 0 amide bonds. The molecule has 1 saturated heterocycles. The Morgan fingerprint density at radius 1 is 0.860 bits per heavy atom. The number of aromatic nitrogens is 2. The second-order valence-electron chi connectivity index (χ2n) is 10.4. The van der Waals surface area contributed by atoms with Crippen LogP contribution in [-0.2, 0) is 12.0 Å². The van der Waals surface area contributed by atoms with Gasteiger partial charge < -0.3 is 20.1 Å². The topological polar surface area (TPSA) is 92.7 Å². The molecule has 0 bridgehead atoms. The lowest BCUT2D eigenvalue weighted by Crippen LogP contribution is -2.54. The van der Waals surface area contributed by atoms with E-state index in [4.69, 9.17) is 0 Å². The number of anilines is 1. The molecule has 0 unspecified atom stereocenters.